The van der Waals surface area contributed by atoms with E-state index >= 15 is 0 Å². The summed E-state index contributed by atoms with van der Waals surface area (Å²) in [5.74, 6) is 2.88. The Balaban J connectivity index is 0.00000272. The van der Waals surface area contributed by atoms with Crippen molar-refractivity contribution in [3.63, 3.8) is 0 Å². The lowest BCUT2D eigenvalue weighted by atomic mass is 10.1. The zero-order valence-electron chi connectivity index (χ0n) is 18.2. The van der Waals surface area contributed by atoms with E-state index in [1.165, 1.54) is 5.56 Å². The maximum Gasteiger partial charge on any atom is 0.191 e. The number of hydrogen-bond donors (Lipinski definition) is 2. The van der Waals surface area contributed by atoms with Crippen molar-refractivity contribution in [1.82, 2.24) is 30.2 Å². The SMILES string of the molecule is CCNC(=NCCc1nnc2ccccn12)NC1CCN(c2ccc(C)cn2)CC1.I. The van der Waals surface area contributed by atoms with Gasteiger partial charge in [-0.3, -0.25) is 9.39 Å². The smallest absolute Gasteiger partial charge is 0.191 e. The zero-order chi connectivity index (χ0) is 20.8. The van der Waals surface area contributed by atoms with Crippen molar-refractivity contribution in [3.05, 3.63) is 54.1 Å². The normalized spacial score (nSPS) is 15.0. The number of aliphatic imine (C=N–C) groups is 1. The highest BCUT2D eigenvalue weighted by Gasteiger charge is 2.20. The average Bonchev–Trinajstić information content (AvgIpc) is 3.18. The first-order valence-electron chi connectivity index (χ1n) is 10.7. The van der Waals surface area contributed by atoms with Crippen molar-refractivity contribution < 1.29 is 0 Å². The third-order valence-corrected chi connectivity index (χ3v) is 5.39. The molecule has 3 aromatic rings. The Hall–Kier alpha value is -2.43. The predicted octanol–water partition coefficient (Wildman–Crippen LogP) is 2.82. The quantitative estimate of drug-likeness (QED) is 0.288. The van der Waals surface area contributed by atoms with Crippen molar-refractivity contribution in [2.45, 2.75) is 39.2 Å². The second-order valence-electron chi connectivity index (χ2n) is 7.66. The fourth-order valence-electron chi connectivity index (χ4n) is 3.74. The summed E-state index contributed by atoms with van der Waals surface area (Å²) in [6.45, 7) is 7.66. The summed E-state index contributed by atoms with van der Waals surface area (Å²) < 4.78 is 2.02. The molecular formula is C22H31IN8. The van der Waals surface area contributed by atoms with Gasteiger partial charge >= 0.3 is 0 Å². The molecule has 0 atom stereocenters. The first-order chi connectivity index (χ1) is 14.7. The van der Waals surface area contributed by atoms with E-state index in [2.05, 4.69) is 56.7 Å². The topological polar surface area (TPSA) is 82.7 Å². The lowest BCUT2D eigenvalue weighted by molar-refractivity contribution is 0.459. The number of piperidine rings is 1. The van der Waals surface area contributed by atoms with Gasteiger partial charge in [0.15, 0.2) is 11.6 Å². The molecule has 1 aliphatic heterocycles. The molecule has 1 fully saturated rings. The number of aryl methyl sites for hydroxylation is 1. The summed E-state index contributed by atoms with van der Waals surface area (Å²) >= 11 is 0. The Bertz CT molecular complexity index is 977. The molecule has 4 heterocycles. The number of guanidine groups is 1. The molecule has 166 valence electrons. The van der Waals surface area contributed by atoms with E-state index in [1.807, 2.05) is 35.0 Å². The van der Waals surface area contributed by atoms with Crippen LogP contribution in [0.4, 0.5) is 5.82 Å². The minimum absolute atomic E-state index is 0. The van der Waals surface area contributed by atoms with Crippen LogP contribution in [0.3, 0.4) is 0 Å². The van der Waals surface area contributed by atoms with Gasteiger partial charge in [0.2, 0.25) is 0 Å². The van der Waals surface area contributed by atoms with Gasteiger partial charge in [0.25, 0.3) is 0 Å². The standard InChI is InChI=1S/C22H30N8.HI/c1-3-23-22(24-12-9-21-28-27-20-6-4-5-13-30(20)21)26-18-10-14-29(15-11-18)19-8-7-17(2)16-25-19;/h4-8,13,16,18H,3,9-12,14-15H2,1-2H3,(H2,23,24,26);1H. The van der Waals surface area contributed by atoms with E-state index < -0.39 is 0 Å². The summed E-state index contributed by atoms with van der Waals surface area (Å²) in [5.41, 5.74) is 2.07. The lowest BCUT2D eigenvalue weighted by Crippen LogP contribution is -2.49. The maximum atomic E-state index is 4.76. The Labute approximate surface area is 200 Å². The van der Waals surface area contributed by atoms with E-state index in [0.717, 1.165) is 62.1 Å². The maximum absolute atomic E-state index is 4.76. The Morgan fingerprint density at radius 3 is 2.74 bits per heavy atom. The van der Waals surface area contributed by atoms with Gasteiger partial charge < -0.3 is 15.5 Å². The third kappa shape index (κ3) is 6.05. The van der Waals surface area contributed by atoms with Gasteiger partial charge in [0.05, 0.1) is 0 Å². The molecule has 0 amide bonds. The van der Waals surface area contributed by atoms with Crippen LogP contribution >= 0.6 is 24.0 Å². The highest BCUT2D eigenvalue weighted by Crippen LogP contribution is 2.18. The Morgan fingerprint density at radius 2 is 2.00 bits per heavy atom. The van der Waals surface area contributed by atoms with Crippen LogP contribution in [0.2, 0.25) is 0 Å². The molecule has 2 N–H and O–H groups in total. The van der Waals surface area contributed by atoms with Crippen molar-refractivity contribution in [3.8, 4) is 0 Å². The summed E-state index contributed by atoms with van der Waals surface area (Å²) in [7, 11) is 0. The molecule has 1 aliphatic rings. The highest BCUT2D eigenvalue weighted by atomic mass is 127. The lowest BCUT2D eigenvalue weighted by Gasteiger charge is -2.33. The molecule has 0 radical (unpaired) electrons. The van der Waals surface area contributed by atoms with E-state index in [0.29, 0.717) is 12.6 Å². The number of nitrogens with one attached hydrogen (secondary N) is 2. The van der Waals surface area contributed by atoms with Crippen LogP contribution in [0.5, 0.6) is 0 Å². The molecule has 9 heteroatoms. The predicted molar refractivity (Wildman–Crippen MR) is 135 cm³/mol. The van der Waals surface area contributed by atoms with Crippen LogP contribution in [0.1, 0.15) is 31.2 Å². The fraction of sp³-hybridized carbons (Fsp3) is 0.455. The second kappa shape index (κ2) is 11.3. The fourth-order valence-corrected chi connectivity index (χ4v) is 3.74. The second-order valence-corrected chi connectivity index (χ2v) is 7.66. The van der Waals surface area contributed by atoms with E-state index in [4.69, 9.17) is 4.99 Å². The summed E-state index contributed by atoms with van der Waals surface area (Å²) in [6, 6.07) is 10.6. The van der Waals surface area contributed by atoms with Gasteiger partial charge in [-0.15, -0.1) is 34.2 Å². The number of hydrogen-bond acceptors (Lipinski definition) is 5. The summed E-state index contributed by atoms with van der Waals surface area (Å²) in [4.78, 5) is 11.7. The molecule has 0 bridgehead atoms. The molecule has 0 spiro atoms. The number of anilines is 1. The minimum atomic E-state index is 0. The number of pyridine rings is 2. The van der Waals surface area contributed by atoms with E-state index in [-0.39, 0.29) is 24.0 Å². The van der Waals surface area contributed by atoms with E-state index in [9.17, 15) is 0 Å². The van der Waals surface area contributed by atoms with Crippen molar-refractivity contribution >= 4 is 41.4 Å². The van der Waals surface area contributed by atoms with Crippen LogP contribution in [0.25, 0.3) is 5.65 Å². The molecule has 31 heavy (non-hydrogen) atoms. The Kier molecular flexibility index (Phi) is 8.44. The first-order valence-corrected chi connectivity index (χ1v) is 10.7. The third-order valence-electron chi connectivity index (χ3n) is 5.39. The molecule has 0 aromatic carbocycles. The van der Waals surface area contributed by atoms with Crippen LogP contribution < -0.4 is 15.5 Å². The van der Waals surface area contributed by atoms with Crippen molar-refractivity contribution in [2.75, 3.05) is 31.1 Å². The first kappa shape index (κ1) is 23.2. The number of rotatable bonds is 6. The molecule has 4 rings (SSSR count). The van der Waals surface area contributed by atoms with Gasteiger partial charge in [-0.05, 0) is 50.5 Å². The molecule has 0 unspecified atom stereocenters. The number of fused-ring (bicyclic) bond motifs is 1. The zero-order valence-corrected chi connectivity index (χ0v) is 20.5. The molecular weight excluding hydrogens is 503 g/mol. The van der Waals surface area contributed by atoms with Gasteiger partial charge in [-0.1, -0.05) is 12.1 Å². The largest absolute Gasteiger partial charge is 0.357 e. The van der Waals surface area contributed by atoms with Crippen molar-refractivity contribution in [2.24, 2.45) is 4.99 Å². The highest BCUT2D eigenvalue weighted by molar-refractivity contribution is 14.0. The van der Waals surface area contributed by atoms with Crippen LogP contribution in [0.15, 0.2) is 47.7 Å². The molecule has 0 aliphatic carbocycles. The Morgan fingerprint density at radius 1 is 1.16 bits per heavy atom. The minimum Gasteiger partial charge on any atom is -0.357 e. The van der Waals surface area contributed by atoms with Gasteiger partial charge in [-0.25, -0.2) is 4.98 Å². The van der Waals surface area contributed by atoms with Gasteiger partial charge in [0.1, 0.15) is 11.6 Å². The van der Waals surface area contributed by atoms with Crippen molar-refractivity contribution in [1.29, 1.82) is 0 Å². The molecule has 8 nitrogen and oxygen atoms in total. The average molecular weight is 534 g/mol. The van der Waals surface area contributed by atoms with Crippen LogP contribution in [-0.4, -0.2) is 57.8 Å². The molecule has 3 aromatic heterocycles. The van der Waals surface area contributed by atoms with Crippen LogP contribution in [0, 0.1) is 6.92 Å². The van der Waals surface area contributed by atoms with Crippen LogP contribution in [-0.2, 0) is 6.42 Å². The van der Waals surface area contributed by atoms with Gasteiger partial charge in [-0.2, -0.15) is 0 Å². The van der Waals surface area contributed by atoms with E-state index in [1.54, 1.807) is 0 Å². The molecule has 0 saturated carbocycles. The summed E-state index contributed by atoms with van der Waals surface area (Å²) in [5, 5.41) is 15.5. The molecule has 1 saturated heterocycles. The summed E-state index contributed by atoms with van der Waals surface area (Å²) in [6.07, 6.45) is 6.81. The number of aromatic nitrogens is 4. The monoisotopic (exact) mass is 534 g/mol. The van der Waals surface area contributed by atoms with Gasteiger partial charge in [0, 0.05) is 51.0 Å². The number of halogens is 1. The number of nitrogens with zero attached hydrogens (tertiary/aromatic N) is 6.